The van der Waals surface area contributed by atoms with Gasteiger partial charge in [-0.15, -0.1) is 0 Å². The van der Waals surface area contributed by atoms with Crippen LogP contribution < -0.4 is 0 Å². The summed E-state index contributed by atoms with van der Waals surface area (Å²) in [5.74, 6) is 1.54. The van der Waals surface area contributed by atoms with Crippen molar-refractivity contribution in [1.29, 1.82) is 0 Å². The van der Waals surface area contributed by atoms with Gasteiger partial charge in [-0.3, -0.25) is 4.79 Å². The average molecular weight is 280 g/mol. The minimum atomic E-state index is -0.126. The van der Waals surface area contributed by atoms with Crippen LogP contribution in [0.4, 0.5) is 0 Å². The molecule has 0 atom stereocenters. The van der Waals surface area contributed by atoms with Crippen LogP contribution in [-0.2, 0) is 16.6 Å². The van der Waals surface area contributed by atoms with Gasteiger partial charge in [0, 0.05) is 18.5 Å². The van der Waals surface area contributed by atoms with Gasteiger partial charge < -0.3 is 9.32 Å². The molecule has 114 valence electrons. The van der Waals surface area contributed by atoms with Gasteiger partial charge in [0.1, 0.15) is 5.76 Å². The highest BCUT2D eigenvalue weighted by Gasteiger charge is 2.24. The minimum Gasteiger partial charge on any atom is -0.444 e. The van der Waals surface area contributed by atoms with Gasteiger partial charge in [-0.05, 0) is 19.8 Å². The van der Waals surface area contributed by atoms with Gasteiger partial charge in [-0.2, -0.15) is 0 Å². The summed E-state index contributed by atoms with van der Waals surface area (Å²) in [5.41, 5.74) is 0.703. The van der Waals surface area contributed by atoms with Gasteiger partial charge in [-0.25, -0.2) is 4.98 Å². The van der Waals surface area contributed by atoms with E-state index in [1.165, 1.54) is 0 Å². The molecule has 0 aromatic carbocycles. The maximum atomic E-state index is 12.3. The van der Waals surface area contributed by atoms with Crippen LogP contribution in [0.1, 0.15) is 64.8 Å². The quantitative estimate of drug-likeness (QED) is 0.801. The van der Waals surface area contributed by atoms with Crippen molar-refractivity contribution in [2.45, 2.75) is 66.2 Å². The molecule has 0 spiro atoms. The summed E-state index contributed by atoms with van der Waals surface area (Å²) in [4.78, 5) is 18.7. The van der Waals surface area contributed by atoms with Crippen molar-refractivity contribution in [2.75, 3.05) is 13.1 Å². The lowest BCUT2D eigenvalue weighted by Crippen LogP contribution is -2.33. The van der Waals surface area contributed by atoms with E-state index in [1.807, 2.05) is 11.8 Å². The molecule has 1 aromatic rings. The molecule has 0 aliphatic heterocycles. The van der Waals surface area contributed by atoms with Gasteiger partial charge in [0.25, 0.3) is 0 Å². The Bertz CT molecular complexity index is 438. The SMILES string of the molecule is CCCN(CCC)C(=O)Cc1oc(C(C)(C)C)nc1C. The maximum absolute atomic E-state index is 12.3. The van der Waals surface area contributed by atoms with Gasteiger partial charge in [0.15, 0.2) is 5.89 Å². The summed E-state index contributed by atoms with van der Waals surface area (Å²) < 4.78 is 5.80. The second-order valence-corrected chi connectivity index (χ2v) is 6.34. The predicted octanol–water partition coefficient (Wildman–Crippen LogP) is 3.47. The summed E-state index contributed by atoms with van der Waals surface area (Å²) in [7, 11) is 0. The Morgan fingerprint density at radius 2 is 1.75 bits per heavy atom. The van der Waals surface area contributed by atoms with E-state index >= 15 is 0 Å². The summed E-state index contributed by atoms with van der Waals surface area (Å²) in [6.45, 7) is 13.9. The third-order valence-electron chi connectivity index (χ3n) is 3.19. The zero-order valence-electron chi connectivity index (χ0n) is 13.7. The highest BCUT2D eigenvalue weighted by atomic mass is 16.4. The first-order chi connectivity index (χ1) is 9.29. The molecular formula is C16H28N2O2. The number of carbonyl (C=O) groups excluding carboxylic acids is 1. The number of aromatic nitrogens is 1. The van der Waals surface area contributed by atoms with Crippen LogP contribution in [0.5, 0.6) is 0 Å². The Balaban J connectivity index is 2.81. The lowest BCUT2D eigenvalue weighted by molar-refractivity contribution is -0.130. The van der Waals surface area contributed by atoms with E-state index in [-0.39, 0.29) is 11.3 Å². The first-order valence-corrected chi connectivity index (χ1v) is 7.54. The molecule has 1 rings (SSSR count). The van der Waals surface area contributed by atoms with Crippen molar-refractivity contribution >= 4 is 5.91 Å². The summed E-state index contributed by atoms with van der Waals surface area (Å²) in [6, 6.07) is 0. The van der Waals surface area contributed by atoms with Crippen LogP contribution in [0.15, 0.2) is 4.42 Å². The Kier molecular flexibility index (Phi) is 5.78. The van der Waals surface area contributed by atoms with E-state index in [9.17, 15) is 4.79 Å². The molecule has 1 amide bonds. The second kappa shape index (κ2) is 6.91. The molecule has 0 saturated heterocycles. The van der Waals surface area contributed by atoms with Crippen molar-refractivity contribution in [3.8, 4) is 0 Å². The fourth-order valence-electron chi connectivity index (χ4n) is 2.06. The van der Waals surface area contributed by atoms with Gasteiger partial charge in [0.05, 0.1) is 12.1 Å². The smallest absolute Gasteiger partial charge is 0.230 e. The number of hydrogen-bond acceptors (Lipinski definition) is 3. The summed E-state index contributed by atoms with van der Waals surface area (Å²) in [6.07, 6.45) is 2.28. The second-order valence-electron chi connectivity index (χ2n) is 6.34. The van der Waals surface area contributed by atoms with E-state index in [2.05, 4.69) is 39.6 Å². The number of rotatable bonds is 6. The fourth-order valence-corrected chi connectivity index (χ4v) is 2.06. The first kappa shape index (κ1) is 16.7. The zero-order valence-corrected chi connectivity index (χ0v) is 13.7. The van der Waals surface area contributed by atoms with Crippen LogP contribution in [0, 0.1) is 6.92 Å². The monoisotopic (exact) mass is 280 g/mol. The molecule has 0 fully saturated rings. The molecule has 0 radical (unpaired) electrons. The third kappa shape index (κ3) is 4.36. The first-order valence-electron chi connectivity index (χ1n) is 7.54. The van der Waals surface area contributed by atoms with E-state index in [4.69, 9.17) is 4.42 Å². The molecule has 0 bridgehead atoms. The topological polar surface area (TPSA) is 46.3 Å². The highest BCUT2D eigenvalue weighted by molar-refractivity contribution is 5.78. The lowest BCUT2D eigenvalue weighted by Gasteiger charge is -2.21. The Hall–Kier alpha value is -1.32. The fraction of sp³-hybridized carbons (Fsp3) is 0.750. The molecule has 0 saturated carbocycles. The van der Waals surface area contributed by atoms with Gasteiger partial charge in [-0.1, -0.05) is 34.6 Å². The normalized spacial score (nSPS) is 11.7. The summed E-state index contributed by atoms with van der Waals surface area (Å²) >= 11 is 0. The number of amides is 1. The van der Waals surface area contributed by atoms with Crippen LogP contribution in [0.3, 0.4) is 0 Å². The van der Waals surface area contributed by atoms with E-state index in [0.717, 1.165) is 31.6 Å². The molecule has 20 heavy (non-hydrogen) atoms. The zero-order chi connectivity index (χ0) is 15.3. The molecule has 1 heterocycles. The van der Waals surface area contributed by atoms with Crippen LogP contribution in [0.2, 0.25) is 0 Å². The van der Waals surface area contributed by atoms with Gasteiger partial charge >= 0.3 is 0 Å². The number of oxazole rings is 1. The largest absolute Gasteiger partial charge is 0.444 e. The van der Waals surface area contributed by atoms with Crippen LogP contribution in [-0.4, -0.2) is 28.9 Å². The number of nitrogens with zero attached hydrogens (tertiary/aromatic N) is 2. The predicted molar refractivity (Wildman–Crippen MR) is 80.8 cm³/mol. The Morgan fingerprint density at radius 1 is 1.20 bits per heavy atom. The number of aryl methyl sites for hydroxylation is 1. The van der Waals surface area contributed by atoms with Gasteiger partial charge in [0.2, 0.25) is 5.91 Å². The molecule has 0 aliphatic carbocycles. The molecule has 1 aromatic heterocycles. The van der Waals surface area contributed by atoms with Crippen molar-refractivity contribution < 1.29 is 9.21 Å². The van der Waals surface area contributed by atoms with E-state index < -0.39 is 0 Å². The number of carbonyl (C=O) groups is 1. The molecule has 4 heteroatoms. The standard InChI is InChI=1S/C16H28N2O2/c1-7-9-18(10-8-2)14(19)11-13-12(3)17-15(20-13)16(4,5)6/h7-11H2,1-6H3. The van der Waals surface area contributed by atoms with Crippen molar-refractivity contribution in [3.63, 3.8) is 0 Å². The van der Waals surface area contributed by atoms with Crippen LogP contribution >= 0.6 is 0 Å². The van der Waals surface area contributed by atoms with E-state index in [1.54, 1.807) is 0 Å². The third-order valence-corrected chi connectivity index (χ3v) is 3.19. The van der Waals surface area contributed by atoms with Crippen molar-refractivity contribution in [1.82, 2.24) is 9.88 Å². The molecule has 4 nitrogen and oxygen atoms in total. The average Bonchev–Trinajstić information content (AvgIpc) is 2.70. The van der Waals surface area contributed by atoms with E-state index in [0.29, 0.717) is 18.1 Å². The number of hydrogen-bond donors (Lipinski definition) is 0. The molecule has 0 aliphatic rings. The van der Waals surface area contributed by atoms with Crippen LogP contribution in [0.25, 0.3) is 0 Å². The lowest BCUT2D eigenvalue weighted by atomic mass is 9.97. The minimum absolute atomic E-state index is 0.126. The highest BCUT2D eigenvalue weighted by Crippen LogP contribution is 2.24. The maximum Gasteiger partial charge on any atom is 0.230 e. The van der Waals surface area contributed by atoms with Crippen molar-refractivity contribution in [3.05, 3.63) is 17.3 Å². The van der Waals surface area contributed by atoms with Crippen molar-refractivity contribution in [2.24, 2.45) is 0 Å². The Morgan fingerprint density at radius 3 is 2.15 bits per heavy atom. The molecule has 0 N–H and O–H groups in total. The molecular weight excluding hydrogens is 252 g/mol. The molecule has 0 unspecified atom stereocenters. The summed E-state index contributed by atoms with van der Waals surface area (Å²) in [5, 5.41) is 0. The Labute approximate surface area is 122 Å².